The van der Waals surface area contributed by atoms with Crippen molar-refractivity contribution in [1.82, 2.24) is 15.3 Å². The SMILES string of the molecule is O=C(NC1CCCCC1)c1ccc(CSc2nc(Cl)cc(N3CCN(c4ccc(Cl)cc4)CC3)n2)cc1. The first-order chi connectivity index (χ1) is 18.0. The van der Waals surface area contributed by atoms with Crippen LogP contribution in [0.25, 0.3) is 0 Å². The van der Waals surface area contributed by atoms with E-state index < -0.39 is 0 Å². The Bertz CT molecular complexity index is 1190. The van der Waals surface area contributed by atoms with Crippen LogP contribution in [0.2, 0.25) is 10.2 Å². The number of carbonyl (C=O) groups excluding carboxylic acids is 1. The summed E-state index contributed by atoms with van der Waals surface area (Å²) in [6.07, 6.45) is 5.85. The Morgan fingerprint density at radius 3 is 2.27 bits per heavy atom. The maximum Gasteiger partial charge on any atom is 0.251 e. The molecule has 3 aromatic rings. The van der Waals surface area contributed by atoms with E-state index >= 15 is 0 Å². The van der Waals surface area contributed by atoms with Crippen molar-refractivity contribution in [3.05, 3.63) is 75.9 Å². The largest absolute Gasteiger partial charge is 0.368 e. The molecule has 1 N–H and O–H groups in total. The van der Waals surface area contributed by atoms with Gasteiger partial charge in [0.05, 0.1) is 0 Å². The summed E-state index contributed by atoms with van der Waals surface area (Å²) < 4.78 is 0. The number of piperazine rings is 1. The molecule has 0 spiro atoms. The van der Waals surface area contributed by atoms with E-state index in [1.165, 1.54) is 24.9 Å². The molecule has 5 rings (SSSR count). The first kappa shape index (κ1) is 26.1. The Labute approximate surface area is 232 Å². The van der Waals surface area contributed by atoms with E-state index in [9.17, 15) is 4.79 Å². The minimum Gasteiger partial charge on any atom is -0.368 e. The highest BCUT2D eigenvalue weighted by Crippen LogP contribution is 2.27. The fourth-order valence-corrected chi connectivity index (χ4v) is 6.04. The molecular weight excluding hydrogens is 525 g/mol. The van der Waals surface area contributed by atoms with Gasteiger partial charge in [-0.15, -0.1) is 0 Å². The zero-order valence-corrected chi connectivity index (χ0v) is 23.0. The number of thioether (sulfide) groups is 1. The molecule has 194 valence electrons. The van der Waals surface area contributed by atoms with Crippen molar-refractivity contribution < 1.29 is 4.79 Å². The number of anilines is 2. The summed E-state index contributed by atoms with van der Waals surface area (Å²) in [5.74, 6) is 1.58. The third-order valence-corrected chi connectivity index (χ3v) is 8.34. The normalized spacial score (nSPS) is 16.6. The smallest absolute Gasteiger partial charge is 0.251 e. The van der Waals surface area contributed by atoms with Gasteiger partial charge in [-0.3, -0.25) is 4.79 Å². The van der Waals surface area contributed by atoms with Gasteiger partial charge in [0.2, 0.25) is 0 Å². The first-order valence-corrected chi connectivity index (χ1v) is 14.6. The highest BCUT2D eigenvalue weighted by molar-refractivity contribution is 7.98. The van der Waals surface area contributed by atoms with Crippen LogP contribution in [0.5, 0.6) is 0 Å². The number of nitrogens with zero attached hydrogens (tertiary/aromatic N) is 4. The average molecular weight is 557 g/mol. The molecule has 2 fully saturated rings. The number of hydrogen-bond donors (Lipinski definition) is 1. The zero-order chi connectivity index (χ0) is 25.6. The van der Waals surface area contributed by atoms with Crippen molar-refractivity contribution in [3.63, 3.8) is 0 Å². The van der Waals surface area contributed by atoms with Crippen molar-refractivity contribution >= 4 is 52.4 Å². The van der Waals surface area contributed by atoms with E-state index in [0.29, 0.717) is 27.7 Å². The number of rotatable bonds is 7. The maximum atomic E-state index is 12.6. The molecule has 37 heavy (non-hydrogen) atoms. The van der Waals surface area contributed by atoms with Gasteiger partial charge in [-0.25, -0.2) is 9.97 Å². The molecular formula is C28H31Cl2N5OS. The lowest BCUT2D eigenvalue weighted by molar-refractivity contribution is 0.0927. The minimum atomic E-state index is 0.0186. The lowest BCUT2D eigenvalue weighted by Gasteiger charge is -2.36. The van der Waals surface area contributed by atoms with Gasteiger partial charge in [-0.1, -0.05) is 66.4 Å². The van der Waals surface area contributed by atoms with Gasteiger partial charge in [-0.2, -0.15) is 0 Å². The molecule has 2 heterocycles. The Balaban J connectivity index is 1.15. The highest BCUT2D eigenvalue weighted by Gasteiger charge is 2.20. The molecule has 0 bridgehead atoms. The second-order valence-corrected chi connectivity index (χ2v) is 11.3. The van der Waals surface area contributed by atoms with Crippen LogP contribution in [0.15, 0.2) is 59.8 Å². The van der Waals surface area contributed by atoms with Crippen LogP contribution in [0.1, 0.15) is 48.0 Å². The summed E-state index contributed by atoms with van der Waals surface area (Å²) in [7, 11) is 0. The van der Waals surface area contributed by atoms with E-state index in [1.807, 2.05) is 42.5 Å². The van der Waals surface area contributed by atoms with Gasteiger partial charge < -0.3 is 15.1 Å². The average Bonchev–Trinajstić information content (AvgIpc) is 2.93. The van der Waals surface area contributed by atoms with Gasteiger partial charge in [0.25, 0.3) is 5.91 Å². The first-order valence-electron chi connectivity index (χ1n) is 12.9. The van der Waals surface area contributed by atoms with Crippen LogP contribution in [0.4, 0.5) is 11.5 Å². The number of halogens is 2. The van der Waals surface area contributed by atoms with Crippen LogP contribution in [0.3, 0.4) is 0 Å². The molecule has 1 aliphatic heterocycles. The molecule has 2 aromatic carbocycles. The van der Waals surface area contributed by atoms with Crippen molar-refractivity contribution in [2.45, 2.75) is 49.1 Å². The molecule has 1 aliphatic carbocycles. The summed E-state index contributed by atoms with van der Waals surface area (Å²) in [6, 6.07) is 17.9. The summed E-state index contributed by atoms with van der Waals surface area (Å²) in [4.78, 5) is 26.4. The van der Waals surface area contributed by atoms with E-state index in [-0.39, 0.29) is 5.91 Å². The third kappa shape index (κ3) is 7.09. The molecule has 1 amide bonds. The van der Waals surface area contributed by atoms with E-state index in [0.717, 1.165) is 55.4 Å². The van der Waals surface area contributed by atoms with Crippen molar-refractivity contribution in [3.8, 4) is 0 Å². The Hall–Kier alpha value is -2.48. The number of aromatic nitrogens is 2. The van der Waals surface area contributed by atoms with Crippen LogP contribution in [-0.2, 0) is 5.75 Å². The summed E-state index contributed by atoms with van der Waals surface area (Å²) in [5, 5.41) is 5.03. The molecule has 0 radical (unpaired) electrons. The van der Waals surface area contributed by atoms with Gasteiger partial charge in [-0.05, 0) is 54.8 Å². The summed E-state index contributed by atoms with van der Waals surface area (Å²) in [6.45, 7) is 3.49. The predicted molar refractivity (Wildman–Crippen MR) is 153 cm³/mol. The number of nitrogens with one attached hydrogen (secondary N) is 1. The van der Waals surface area contributed by atoms with Gasteiger partial charge in [0.15, 0.2) is 5.16 Å². The lowest BCUT2D eigenvalue weighted by atomic mass is 9.95. The standard InChI is InChI=1S/C28H31Cl2N5OS/c29-22-10-12-24(13-11-22)34-14-16-35(17-15-34)26-18-25(30)32-28(33-26)37-19-20-6-8-21(9-7-20)27(36)31-23-4-2-1-3-5-23/h6-13,18,23H,1-5,14-17,19H2,(H,31,36). The molecule has 9 heteroatoms. The summed E-state index contributed by atoms with van der Waals surface area (Å²) in [5.41, 5.74) is 3.00. The lowest BCUT2D eigenvalue weighted by Crippen LogP contribution is -2.46. The van der Waals surface area contributed by atoms with Crippen molar-refractivity contribution in [2.75, 3.05) is 36.0 Å². The Kier molecular flexibility index (Phi) is 8.74. The minimum absolute atomic E-state index is 0.0186. The van der Waals surface area contributed by atoms with Crippen LogP contribution in [0, 0.1) is 0 Å². The van der Waals surface area contributed by atoms with Gasteiger partial charge in [0, 0.05) is 60.3 Å². The van der Waals surface area contributed by atoms with Crippen molar-refractivity contribution in [1.29, 1.82) is 0 Å². The maximum absolute atomic E-state index is 12.6. The van der Waals surface area contributed by atoms with E-state index in [4.69, 9.17) is 28.2 Å². The number of hydrogen-bond acceptors (Lipinski definition) is 6. The van der Waals surface area contributed by atoms with Gasteiger partial charge in [0.1, 0.15) is 11.0 Å². The topological polar surface area (TPSA) is 61.4 Å². The number of benzene rings is 2. The highest BCUT2D eigenvalue weighted by atomic mass is 35.5. The van der Waals surface area contributed by atoms with Crippen LogP contribution >= 0.6 is 35.0 Å². The fourth-order valence-electron chi connectivity index (χ4n) is 4.87. The monoisotopic (exact) mass is 555 g/mol. The second kappa shape index (κ2) is 12.4. The quantitative estimate of drug-likeness (QED) is 0.205. The van der Waals surface area contributed by atoms with E-state index in [1.54, 1.807) is 11.8 Å². The molecule has 2 aliphatic rings. The van der Waals surface area contributed by atoms with Crippen LogP contribution < -0.4 is 15.1 Å². The van der Waals surface area contributed by atoms with Crippen LogP contribution in [-0.4, -0.2) is 48.1 Å². The number of amides is 1. The molecule has 0 unspecified atom stereocenters. The summed E-state index contributed by atoms with van der Waals surface area (Å²) >= 11 is 13.9. The molecule has 0 atom stereocenters. The molecule has 6 nitrogen and oxygen atoms in total. The van der Waals surface area contributed by atoms with Gasteiger partial charge >= 0.3 is 0 Å². The zero-order valence-electron chi connectivity index (χ0n) is 20.7. The Morgan fingerprint density at radius 1 is 0.892 bits per heavy atom. The second-order valence-electron chi connectivity index (χ2n) is 9.58. The fraction of sp³-hybridized carbons (Fsp3) is 0.393. The third-order valence-electron chi connectivity index (χ3n) is 6.98. The Morgan fingerprint density at radius 2 is 1.57 bits per heavy atom. The molecule has 1 aromatic heterocycles. The predicted octanol–water partition coefficient (Wildman–Crippen LogP) is 6.46. The van der Waals surface area contributed by atoms with Crippen molar-refractivity contribution in [2.24, 2.45) is 0 Å². The molecule has 1 saturated heterocycles. The molecule has 1 saturated carbocycles. The van der Waals surface area contributed by atoms with E-state index in [2.05, 4.69) is 32.2 Å². The number of carbonyl (C=O) groups is 1.